The van der Waals surface area contributed by atoms with Crippen molar-refractivity contribution in [2.75, 3.05) is 10.5 Å². The molecule has 0 radical (unpaired) electrons. The summed E-state index contributed by atoms with van der Waals surface area (Å²) in [5.74, 6) is -1.69. The maximum absolute atomic E-state index is 13.7. The standard InChI is InChI=1S/C13H11BrF2N2O2S/c1-7-3-2-4-11(17)13(7)21(19,20)18-12-6-9(15)8(14)5-10(12)16/h2-6,18H,17H2,1H3. The zero-order valence-electron chi connectivity index (χ0n) is 10.8. The van der Waals surface area contributed by atoms with Crippen LogP contribution in [0.15, 0.2) is 39.7 Å². The Kier molecular flexibility index (Phi) is 4.20. The molecule has 2 aromatic carbocycles. The summed E-state index contributed by atoms with van der Waals surface area (Å²) in [5, 5.41) is 0. The van der Waals surface area contributed by atoms with Crippen LogP contribution in [0.3, 0.4) is 0 Å². The molecule has 0 aliphatic carbocycles. The molecule has 3 N–H and O–H groups in total. The largest absolute Gasteiger partial charge is 0.398 e. The lowest BCUT2D eigenvalue weighted by atomic mass is 10.2. The van der Waals surface area contributed by atoms with Crippen LogP contribution in [0.5, 0.6) is 0 Å². The molecule has 2 aromatic rings. The molecule has 0 amide bonds. The highest BCUT2D eigenvalue weighted by molar-refractivity contribution is 9.10. The van der Waals surface area contributed by atoms with E-state index in [-0.39, 0.29) is 15.1 Å². The van der Waals surface area contributed by atoms with Crippen molar-refractivity contribution in [2.24, 2.45) is 0 Å². The highest BCUT2D eigenvalue weighted by Crippen LogP contribution is 2.28. The number of nitrogens with one attached hydrogen (secondary N) is 1. The van der Waals surface area contributed by atoms with Gasteiger partial charge in [0.25, 0.3) is 10.0 Å². The number of nitrogens with two attached hydrogens (primary N) is 1. The zero-order chi connectivity index (χ0) is 15.8. The van der Waals surface area contributed by atoms with Crippen LogP contribution in [-0.2, 0) is 10.0 Å². The van der Waals surface area contributed by atoms with E-state index in [9.17, 15) is 17.2 Å². The number of anilines is 2. The average Bonchev–Trinajstić information content (AvgIpc) is 2.35. The number of aryl methyl sites for hydroxylation is 1. The maximum atomic E-state index is 13.7. The van der Waals surface area contributed by atoms with Gasteiger partial charge in [0.2, 0.25) is 0 Å². The van der Waals surface area contributed by atoms with Crippen molar-refractivity contribution in [3.8, 4) is 0 Å². The van der Waals surface area contributed by atoms with Gasteiger partial charge in [-0.1, -0.05) is 12.1 Å². The topological polar surface area (TPSA) is 72.2 Å². The molecule has 0 unspecified atom stereocenters. The lowest BCUT2D eigenvalue weighted by Crippen LogP contribution is -2.17. The molecular weight excluding hydrogens is 366 g/mol. The first-order valence-electron chi connectivity index (χ1n) is 5.75. The Hall–Kier alpha value is -1.67. The number of hydrogen-bond acceptors (Lipinski definition) is 3. The number of halogens is 3. The van der Waals surface area contributed by atoms with E-state index in [0.29, 0.717) is 5.56 Å². The van der Waals surface area contributed by atoms with Gasteiger partial charge in [0.05, 0.1) is 15.8 Å². The molecule has 0 heterocycles. The predicted octanol–water partition coefficient (Wildman–Crippen LogP) is 3.42. The Morgan fingerprint density at radius 3 is 2.48 bits per heavy atom. The Morgan fingerprint density at radius 1 is 1.19 bits per heavy atom. The van der Waals surface area contributed by atoms with Crippen LogP contribution in [0.2, 0.25) is 0 Å². The molecule has 0 aliphatic rings. The molecule has 21 heavy (non-hydrogen) atoms. The fourth-order valence-corrected chi connectivity index (χ4v) is 3.57. The van der Waals surface area contributed by atoms with Crippen molar-refractivity contribution in [1.29, 1.82) is 0 Å². The molecule has 0 bridgehead atoms. The van der Waals surface area contributed by atoms with Gasteiger partial charge in [-0.2, -0.15) is 0 Å². The van der Waals surface area contributed by atoms with Crippen molar-refractivity contribution >= 4 is 37.3 Å². The molecule has 0 spiro atoms. The maximum Gasteiger partial charge on any atom is 0.264 e. The van der Waals surface area contributed by atoms with Gasteiger partial charge in [-0.25, -0.2) is 17.2 Å². The summed E-state index contributed by atoms with van der Waals surface area (Å²) in [6.07, 6.45) is 0. The van der Waals surface area contributed by atoms with E-state index >= 15 is 0 Å². The highest BCUT2D eigenvalue weighted by Gasteiger charge is 2.22. The van der Waals surface area contributed by atoms with Gasteiger partial charge in [0.15, 0.2) is 0 Å². The van der Waals surface area contributed by atoms with Crippen LogP contribution in [0.25, 0.3) is 0 Å². The van der Waals surface area contributed by atoms with Crippen LogP contribution in [0.1, 0.15) is 5.56 Å². The minimum atomic E-state index is -4.12. The van der Waals surface area contributed by atoms with Gasteiger partial charge >= 0.3 is 0 Å². The molecule has 0 fully saturated rings. The number of rotatable bonds is 3. The third kappa shape index (κ3) is 3.16. The molecule has 0 saturated carbocycles. The Balaban J connectivity index is 2.50. The first kappa shape index (κ1) is 15.7. The van der Waals surface area contributed by atoms with Gasteiger partial charge in [0.1, 0.15) is 16.5 Å². The average molecular weight is 377 g/mol. The molecule has 2 rings (SSSR count). The smallest absolute Gasteiger partial charge is 0.264 e. The van der Waals surface area contributed by atoms with Crippen molar-refractivity contribution < 1.29 is 17.2 Å². The molecule has 4 nitrogen and oxygen atoms in total. The minimum absolute atomic E-state index is 0.0282. The van der Waals surface area contributed by atoms with Gasteiger partial charge in [-0.3, -0.25) is 4.72 Å². The lowest BCUT2D eigenvalue weighted by molar-refractivity contribution is 0.591. The third-order valence-corrected chi connectivity index (χ3v) is 4.96. The normalized spacial score (nSPS) is 11.4. The van der Waals surface area contributed by atoms with Gasteiger partial charge in [-0.15, -0.1) is 0 Å². The molecule has 0 aromatic heterocycles. The van der Waals surface area contributed by atoms with Crippen LogP contribution < -0.4 is 10.5 Å². The first-order valence-corrected chi connectivity index (χ1v) is 8.02. The summed E-state index contributed by atoms with van der Waals surface area (Å²) < 4.78 is 53.7. The van der Waals surface area contributed by atoms with Gasteiger partial charge < -0.3 is 5.73 Å². The Labute approximate surface area is 129 Å². The van der Waals surface area contributed by atoms with Crippen molar-refractivity contribution in [2.45, 2.75) is 11.8 Å². The lowest BCUT2D eigenvalue weighted by Gasteiger charge is -2.13. The van der Waals surface area contributed by atoms with E-state index in [1.165, 1.54) is 6.07 Å². The molecule has 0 saturated heterocycles. The van der Waals surface area contributed by atoms with E-state index in [1.807, 2.05) is 4.72 Å². The summed E-state index contributed by atoms with van der Waals surface area (Å²) in [4.78, 5) is -0.160. The van der Waals surface area contributed by atoms with Crippen molar-refractivity contribution in [3.63, 3.8) is 0 Å². The third-order valence-electron chi connectivity index (χ3n) is 2.77. The van der Waals surface area contributed by atoms with E-state index in [4.69, 9.17) is 5.73 Å². The van der Waals surface area contributed by atoms with E-state index in [1.54, 1.807) is 19.1 Å². The molecule has 0 atom stereocenters. The predicted molar refractivity (Wildman–Crippen MR) is 80.5 cm³/mol. The fourth-order valence-electron chi connectivity index (χ4n) is 1.84. The second-order valence-corrected chi connectivity index (χ2v) is 6.82. The van der Waals surface area contributed by atoms with Crippen LogP contribution in [0.4, 0.5) is 20.2 Å². The number of benzene rings is 2. The monoisotopic (exact) mass is 376 g/mol. The molecule has 112 valence electrons. The molecule has 0 aliphatic heterocycles. The second kappa shape index (κ2) is 5.61. The summed E-state index contributed by atoms with van der Waals surface area (Å²) in [6, 6.07) is 6.17. The SMILES string of the molecule is Cc1cccc(N)c1S(=O)(=O)Nc1cc(F)c(Br)cc1F. The van der Waals surface area contributed by atoms with Gasteiger partial charge in [-0.05, 0) is 40.5 Å². The van der Waals surface area contributed by atoms with E-state index in [2.05, 4.69) is 15.9 Å². The summed E-state index contributed by atoms with van der Waals surface area (Å²) >= 11 is 2.82. The second-order valence-electron chi connectivity index (χ2n) is 4.34. The van der Waals surface area contributed by atoms with Crippen LogP contribution in [0, 0.1) is 18.6 Å². The molecule has 8 heteroatoms. The number of hydrogen-bond donors (Lipinski definition) is 2. The van der Waals surface area contributed by atoms with E-state index < -0.39 is 27.3 Å². The first-order chi connectivity index (χ1) is 9.72. The quantitative estimate of drug-likeness (QED) is 0.636. The fraction of sp³-hybridized carbons (Fsp3) is 0.0769. The summed E-state index contributed by atoms with van der Waals surface area (Å²) in [5.41, 5.74) is 5.60. The van der Waals surface area contributed by atoms with Gasteiger partial charge in [0, 0.05) is 6.07 Å². The zero-order valence-corrected chi connectivity index (χ0v) is 13.2. The van der Waals surface area contributed by atoms with E-state index in [0.717, 1.165) is 12.1 Å². The van der Waals surface area contributed by atoms with Crippen molar-refractivity contribution in [1.82, 2.24) is 0 Å². The summed E-state index contributed by atoms with van der Waals surface area (Å²) in [7, 11) is -4.12. The Bertz CT molecular complexity index is 790. The Morgan fingerprint density at radius 2 is 1.86 bits per heavy atom. The van der Waals surface area contributed by atoms with Crippen LogP contribution >= 0.6 is 15.9 Å². The number of sulfonamides is 1. The summed E-state index contributed by atoms with van der Waals surface area (Å²) in [6.45, 7) is 1.56. The van der Waals surface area contributed by atoms with Crippen molar-refractivity contribution in [3.05, 3.63) is 52.0 Å². The minimum Gasteiger partial charge on any atom is -0.398 e. The highest BCUT2D eigenvalue weighted by atomic mass is 79.9. The van der Waals surface area contributed by atoms with Crippen LogP contribution in [-0.4, -0.2) is 8.42 Å². The molecular formula is C13H11BrF2N2O2S. The number of nitrogen functional groups attached to an aromatic ring is 1.